The van der Waals surface area contributed by atoms with Gasteiger partial charge >= 0.3 is 0 Å². The first-order valence-corrected chi connectivity index (χ1v) is 6.74. The highest BCUT2D eigenvalue weighted by Crippen LogP contribution is 2.30. The van der Waals surface area contributed by atoms with Gasteiger partial charge in [-0.15, -0.1) is 0 Å². The highest BCUT2D eigenvalue weighted by Gasteiger charge is 2.20. The van der Waals surface area contributed by atoms with Crippen LogP contribution >= 0.6 is 15.9 Å². The Balaban J connectivity index is 2.03. The lowest BCUT2D eigenvalue weighted by Gasteiger charge is -2.27. The molecule has 1 fully saturated rings. The Bertz CT molecular complexity index is 445. The minimum Gasteiger partial charge on any atom is -0.393 e. The second kappa shape index (κ2) is 5.67. The Kier molecular flexibility index (Phi) is 4.19. The maximum atomic E-state index is 10.6. The number of anilines is 1. The number of halogens is 1. The van der Waals surface area contributed by atoms with Gasteiger partial charge in [-0.05, 0) is 47.7 Å². The maximum Gasteiger partial charge on any atom is 0.270 e. The van der Waals surface area contributed by atoms with E-state index in [1.807, 2.05) is 0 Å². The second-order valence-corrected chi connectivity index (χ2v) is 5.43. The predicted molar refractivity (Wildman–Crippen MR) is 72.7 cm³/mol. The Labute approximate surface area is 113 Å². The van der Waals surface area contributed by atoms with Gasteiger partial charge in [0.05, 0.1) is 11.0 Å². The van der Waals surface area contributed by atoms with Gasteiger partial charge in [0, 0.05) is 28.3 Å². The number of hydrogen-bond acceptors (Lipinski definition) is 4. The molecule has 98 valence electrons. The predicted octanol–water partition coefficient (Wildman–Crippen LogP) is 3.07. The lowest BCUT2D eigenvalue weighted by Crippen LogP contribution is -2.28. The first kappa shape index (κ1) is 13.3. The summed E-state index contributed by atoms with van der Waals surface area (Å²) in [7, 11) is 0. The fraction of sp³-hybridized carbons (Fsp3) is 0.500. The molecule has 5 nitrogen and oxygen atoms in total. The van der Waals surface area contributed by atoms with Crippen molar-refractivity contribution in [3.05, 3.63) is 32.8 Å². The van der Waals surface area contributed by atoms with Crippen LogP contribution in [0.3, 0.4) is 0 Å². The van der Waals surface area contributed by atoms with Crippen LogP contribution in [0.15, 0.2) is 22.7 Å². The Morgan fingerprint density at radius 2 is 2.00 bits per heavy atom. The van der Waals surface area contributed by atoms with Gasteiger partial charge in [0.2, 0.25) is 0 Å². The minimum atomic E-state index is -0.411. The summed E-state index contributed by atoms with van der Waals surface area (Å²) in [6, 6.07) is 5.03. The molecule has 0 spiro atoms. The van der Waals surface area contributed by atoms with Crippen LogP contribution in [-0.2, 0) is 0 Å². The largest absolute Gasteiger partial charge is 0.393 e. The number of hydrogen-bond donors (Lipinski definition) is 2. The minimum absolute atomic E-state index is 0.0755. The summed E-state index contributed by atoms with van der Waals surface area (Å²) in [6.45, 7) is 0. The van der Waals surface area contributed by atoms with Gasteiger partial charge in [0.15, 0.2) is 0 Å². The summed E-state index contributed by atoms with van der Waals surface area (Å²) >= 11 is 3.34. The molecule has 0 atom stereocenters. The van der Waals surface area contributed by atoms with Gasteiger partial charge < -0.3 is 10.4 Å². The molecule has 1 aromatic carbocycles. The quantitative estimate of drug-likeness (QED) is 0.664. The molecule has 0 radical (unpaired) electrons. The first-order chi connectivity index (χ1) is 8.56. The number of aliphatic hydroxyl groups is 1. The number of nitrogens with one attached hydrogen (secondary N) is 1. The van der Waals surface area contributed by atoms with E-state index in [2.05, 4.69) is 21.2 Å². The maximum absolute atomic E-state index is 10.6. The number of non-ortho nitro benzene ring substituents is 1. The number of aliphatic hydroxyl groups excluding tert-OH is 1. The average molecular weight is 315 g/mol. The molecule has 1 saturated carbocycles. The molecule has 2 rings (SSSR count). The van der Waals surface area contributed by atoms with Crippen LogP contribution in [0, 0.1) is 10.1 Å². The van der Waals surface area contributed by atoms with Gasteiger partial charge in [-0.2, -0.15) is 0 Å². The van der Waals surface area contributed by atoms with E-state index in [4.69, 9.17) is 0 Å². The van der Waals surface area contributed by atoms with Crippen molar-refractivity contribution < 1.29 is 10.0 Å². The smallest absolute Gasteiger partial charge is 0.270 e. The van der Waals surface area contributed by atoms with Crippen molar-refractivity contribution in [2.75, 3.05) is 5.32 Å². The standard InChI is InChI=1S/C12H15BrN2O3/c13-11-7-9(15(17)18)3-6-12(11)14-8-1-4-10(16)5-2-8/h3,6-8,10,14,16H,1-2,4-5H2. The van der Waals surface area contributed by atoms with Crippen LogP contribution in [0.5, 0.6) is 0 Å². The molecule has 0 heterocycles. The summed E-state index contributed by atoms with van der Waals surface area (Å²) in [5.41, 5.74) is 0.938. The van der Waals surface area contributed by atoms with Crippen molar-refractivity contribution in [2.24, 2.45) is 0 Å². The van der Waals surface area contributed by atoms with Crippen LogP contribution in [0.25, 0.3) is 0 Å². The van der Waals surface area contributed by atoms with Crippen molar-refractivity contribution in [2.45, 2.75) is 37.8 Å². The van der Waals surface area contributed by atoms with Gasteiger partial charge in [-0.3, -0.25) is 10.1 Å². The number of nitrogens with zero attached hydrogens (tertiary/aromatic N) is 1. The van der Waals surface area contributed by atoms with E-state index >= 15 is 0 Å². The SMILES string of the molecule is O=[N+]([O-])c1ccc(NC2CCC(O)CC2)c(Br)c1. The Morgan fingerprint density at radius 1 is 1.33 bits per heavy atom. The summed E-state index contributed by atoms with van der Waals surface area (Å²) in [6.07, 6.45) is 3.28. The molecule has 1 aliphatic rings. The normalized spacial score (nSPS) is 23.7. The third kappa shape index (κ3) is 3.20. The number of nitro benzene ring substituents is 1. The van der Waals surface area contributed by atoms with Crippen LogP contribution in [0.2, 0.25) is 0 Å². The van der Waals surface area contributed by atoms with Crippen molar-refractivity contribution in [1.82, 2.24) is 0 Å². The van der Waals surface area contributed by atoms with Gasteiger partial charge in [0.25, 0.3) is 5.69 Å². The lowest BCUT2D eigenvalue weighted by atomic mass is 9.93. The van der Waals surface area contributed by atoms with Crippen LogP contribution < -0.4 is 5.32 Å². The van der Waals surface area contributed by atoms with Gasteiger partial charge in [-0.25, -0.2) is 0 Å². The summed E-state index contributed by atoms with van der Waals surface area (Å²) in [5.74, 6) is 0. The van der Waals surface area contributed by atoms with Crippen molar-refractivity contribution >= 4 is 27.3 Å². The first-order valence-electron chi connectivity index (χ1n) is 5.95. The molecule has 0 unspecified atom stereocenters. The van der Waals surface area contributed by atoms with Crippen molar-refractivity contribution in [1.29, 1.82) is 0 Å². The molecule has 0 bridgehead atoms. The highest BCUT2D eigenvalue weighted by molar-refractivity contribution is 9.10. The molecule has 1 aliphatic carbocycles. The van der Waals surface area contributed by atoms with E-state index in [0.717, 1.165) is 31.4 Å². The molecule has 2 N–H and O–H groups in total. The zero-order chi connectivity index (χ0) is 13.1. The third-order valence-corrected chi connectivity index (χ3v) is 3.88. The van der Waals surface area contributed by atoms with E-state index in [0.29, 0.717) is 10.5 Å². The van der Waals surface area contributed by atoms with E-state index < -0.39 is 4.92 Å². The molecule has 0 aliphatic heterocycles. The molecule has 0 amide bonds. The molecule has 6 heteroatoms. The van der Waals surface area contributed by atoms with Crippen LogP contribution in [0.4, 0.5) is 11.4 Å². The second-order valence-electron chi connectivity index (χ2n) is 4.57. The topological polar surface area (TPSA) is 75.4 Å². The monoisotopic (exact) mass is 314 g/mol. The molecular weight excluding hydrogens is 300 g/mol. The van der Waals surface area contributed by atoms with Crippen LogP contribution in [0.1, 0.15) is 25.7 Å². The molecule has 1 aromatic rings. The van der Waals surface area contributed by atoms with E-state index in [1.54, 1.807) is 6.07 Å². The number of nitro groups is 1. The summed E-state index contributed by atoms with van der Waals surface area (Å²) in [5, 5.41) is 23.4. The molecule has 0 aromatic heterocycles. The molecular formula is C12H15BrN2O3. The Hall–Kier alpha value is -1.14. The summed E-state index contributed by atoms with van der Waals surface area (Å²) in [4.78, 5) is 10.2. The highest BCUT2D eigenvalue weighted by atomic mass is 79.9. The zero-order valence-corrected chi connectivity index (χ0v) is 11.4. The lowest BCUT2D eigenvalue weighted by molar-refractivity contribution is -0.384. The molecule has 18 heavy (non-hydrogen) atoms. The Morgan fingerprint density at radius 3 is 2.56 bits per heavy atom. The van der Waals surface area contributed by atoms with E-state index in [-0.39, 0.29) is 11.8 Å². The van der Waals surface area contributed by atoms with Gasteiger partial charge in [-0.1, -0.05) is 0 Å². The van der Waals surface area contributed by atoms with E-state index in [9.17, 15) is 15.2 Å². The van der Waals surface area contributed by atoms with Crippen molar-refractivity contribution in [3.8, 4) is 0 Å². The zero-order valence-electron chi connectivity index (χ0n) is 9.80. The number of benzene rings is 1. The van der Waals surface area contributed by atoms with Crippen molar-refractivity contribution in [3.63, 3.8) is 0 Å². The van der Waals surface area contributed by atoms with Gasteiger partial charge in [0.1, 0.15) is 0 Å². The average Bonchev–Trinajstić information content (AvgIpc) is 2.34. The third-order valence-electron chi connectivity index (χ3n) is 3.22. The van der Waals surface area contributed by atoms with Crippen LogP contribution in [-0.4, -0.2) is 22.2 Å². The fourth-order valence-corrected chi connectivity index (χ4v) is 2.66. The number of rotatable bonds is 3. The molecule has 0 saturated heterocycles. The summed E-state index contributed by atoms with van der Waals surface area (Å²) < 4.78 is 0.697. The fourth-order valence-electron chi connectivity index (χ4n) is 2.17. The van der Waals surface area contributed by atoms with E-state index in [1.165, 1.54) is 12.1 Å².